The topological polar surface area (TPSA) is 12.9 Å². The van der Waals surface area contributed by atoms with E-state index in [1.807, 2.05) is 12.1 Å². The number of hydrogen-bond acceptors (Lipinski definition) is 1. The van der Waals surface area contributed by atoms with Crippen LogP contribution in [0, 0.1) is 0 Å². The van der Waals surface area contributed by atoms with Crippen molar-refractivity contribution in [2.24, 2.45) is 0 Å². The summed E-state index contributed by atoms with van der Waals surface area (Å²) >= 11 is 0. The van der Waals surface area contributed by atoms with Gasteiger partial charge in [-0.15, -0.1) is 0 Å². The van der Waals surface area contributed by atoms with Crippen LogP contribution in [0.2, 0.25) is 0 Å². The van der Waals surface area contributed by atoms with Gasteiger partial charge >= 0.3 is 0 Å². The molecule has 1 nitrogen and oxygen atoms in total. The lowest BCUT2D eigenvalue weighted by Crippen LogP contribution is -2.14. The largest absolute Gasteiger partial charge is 0.248 e. The monoisotopic (exact) mass is 575 g/mol. The van der Waals surface area contributed by atoms with Crippen LogP contribution in [0.3, 0.4) is 0 Å². The molecule has 0 fully saturated rings. The lowest BCUT2D eigenvalue weighted by molar-refractivity contribution is 0.660. The summed E-state index contributed by atoms with van der Waals surface area (Å²) in [6.45, 7) is 4.68. The highest BCUT2D eigenvalue weighted by Crippen LogP contribution is 2.49. The molecule has 0 atom stereocenters. The number of fused-ring (bicyclic) bond motifs is 3. The van der Waals surface area contributed by atoms with Crippen molar-refractivity contribution in [3.05, 3.63) is 175 Å². The quantitative estimate of drug-likeness (QED) is 0.199. The fourth-order valence-electron chi connectivity index (χ4n) is 6.83. The van der Waals surface area contributed by atoms with Crippen LogP contribution in [0.5, 0.6) is 0 Å². The Morgan fingerprint density at radius 1 is 0.333 bits per heavy atom. The summed E-state index contributed by atoms with van der Waals surface area (Å²) in [6.07, 6.45) is 0. The van der Waals surface area contributed by atoms with Crippen molar-refractivity contribution in [3.63, 3.8) is 0 Å². The lowest BCUT2D eigenvalue weighted by atomic mass is 9.81. The van der Waals surface area contributed by atoms with Crippen molar-refractivity contribution in [1.82, 2.24) is 4.98 Å². The van der Waals surface area contributed by atoms with Crippen LogP contribution in [0.1, 0.15) is 25.0 Å². The molecular formula is C44H33N. The van der Waals surface area contributed by atoms with E-state index in [2.05, 4.69) is 166 Å². The second-order valence-corrected chi connectivity index (χ2v) is 12.4. The van der Waals surface area contributed by atoms with Gasteiger partial charge in [-0.3, -0.25) is 0 Å². The van der Waals surface area contributed by atoms with Gasteiger partial charge in [-0.2, -0.15) is 0 Å². The minimum atomic E-state index is -0.0108. The molecule has 0 spiro atoms. The summed E-state index contributed by atoms with van der Waals surface area (Å²) in [5.41, 5.74) is 16.9. The van der Waals surface area contributed by atoms with Gasteiger partial charge in [0, 0.05) is 16.5 Å². The maximum atomic E-state index is 5.05. The Balaban J connectivity index is 1.13. The first-order chi connectivity index (χ1) is 22.0. The Morgan fingerprint density at radius 3 is 1.44 bits per heavy atom. The third-order valence-corrected chi connectivity index (χ3v) is 9.30. The molecule has 0 N–H and O–H groups in total. The fraction of sp³-hybridized carbons (Fsp3) is 0.0682. The number of pyridine rings is 1. The van der Waals surface area contributed by atoms with Crippen molar-refractivity contribution < 1.29 is 0 Å². The van der Waals surface area contributed by atoms with Gasteiger partial charge in [0.25, 0.3) is 0 Å². The second kappa shape index (κ2) is 10.9. The standard InChI is InChI=1S/C44H33N/c1-44(2)40-19-10-9-18-38(40)39-25-24-36(27-41(39)44)35-17-11-16-34(26-35)30-20-22-31(23-21-30)37-28-42(32-12-5-3-6-13-32)45-43(29-37)33-14-7-4-8-15-33/h3-29H,1-2H3. The maximum Gasteiger partial charge on any atom is 0.0715 e. The van der Waals surface area contributed by atoms with Gasteiger partial charge in [0.1, 0.15) is 0 Å². The molecule has 0 saturated heterocycles. The van der Waals surface area contributed by atoms with Crippen LogP contribution in [0.25, 0.3) is 67.0 Å². The highest BCUT2D eigenvalue weighted by Gasteiger charge is 2.35. The molecule has 0 saturated carbocycles. The summed E-state index contributed by atoms with van der Waals surface area (Å²) in [7, 11) is 0. The third-order valence-electron chi connectivity index (χ3n) is 9.30. The lowest BCUT2D eigenvalue weighted by Gasteiger charge is -2.22. The summed E-state index contributed by atoms with van der Waals surface area (Å²) in [5.74, 6) is 0. The Hall–Kier alpha value is -5.53. The van der Waals surface area contributed by atoms with Crippen molar-refractivity contribution >= 4 is 0 Å². The molecule has 0 unspecified atom stereocenters. The van der Waals surface area contributed by atoms with E-state index in [0.29, 0.717) is 0 Å². The molecule has 45 heavy (non-hydrogen) atoms. The zero-order valence-corrected chi connectivity index (χ0v) is 25.5. The molecule has 1 aliphatic carbocycles. The fourth-order valence-corrected chi connectivity index (χ4v) is 6.83. The van der Waals surface area contributed by atoms with Crippen molar-refractivity contribution in [2.75, 3.05) is 0 Å². The molecule has 0 radical (unpaired) electrons. The molecule has 7 aromatic rings. The Labute approximate surface area is 265 Å². The van der Waals surface area contributed by atoms with E-state index in [-0.39, 0.29) is 5.41 Å². The number of aromatic nitrogens is 1. The van der Waals surface area contributed by atoms with Crippen LogP contribution >= 0.6 is 0 Å². The Kier molecular flexibility index (Phi) is 6.54. The molecule has 214 valence electrons. The first-order valence-corrected chi connectivity index (χ1v) is 15.6. The highest BCUT2D eigenvalue weighted by molar-refractivity contribution is 5.85. The molecule has 8 rings (SSSR count). The van der Waals surface area contributed by atoms with Gasteiger partial charge in [-0.1, -0.05) is 153 Å². The SMILES string of the molecule is CC1(C)c2ccccc2-c2ccc(-c3cccc(-c4ccc(-c5cc(-c6ccccc6)nc(-c6ccccc6)c5)cc4)c3)cc21. The molecule has 0 aliphatic heterocycles. The van der Waals surface area contributed by atoms with Crippen molar-refractivity contribution in [2.45, 2.75) is 19.3 Å². The molecule has 0 bridgehead atoms. The van der Waals surface area contributed by atoms with Crippen LogP contribution < -0.4 is 0 Å². The van der Waals surface area contributed by atoms with Crippen LogP contribution in [0.15, 0.2) is 164 Å². The molecule has 1 aromatic heterocycles. The Bertz CT molecular complexity index is 2100. The van der Waals surface area contributed by atoms with Gasteiger partial charge in [0.05, 0.1) is 11.4 Å². The first kappa shape index (κ1) is 27.0. The Morgan fingerprint density at radius 2 is 0.800 bits per heavy atom. The predicted molar refractivity (Wildman–Crippen MR) is 189 cm³/mol. The number of hydrogen-bond donors (Lipinski definition) is 0. The van der Waals surface area contributed by atoms with Crippen LogP contribution in [-0.2, 0) is 5.41 Å². The maximum absolute atomic E-state index is 5.05. The summed E-state index contributed by atoms with van der Waals surface area (Å²) in [6, 6.07) is 58.9. The predicted octanol–water partition coefficient (Wildman–Crippen LogP) is 11.7. The average molecular weight is 576 g/mol. The molecule has 1 heteroatoms. The van der Waals surface area contributed by atoms with E-state index in [1.165, 1.54) is 50.1 Å². The smallest absolute Gasteiger partial charge is 0.0715 e. The van der Waals surface area contributed by atoms with Crippen LogP contribution in [-0.4, -0.2) is 4.98 Å². The molecule has 0 amide bonds. The molecular weight excluding hydrogens is 542 g/mol. The summed E-state index contributed by atoms with van der Waals surface area (Å²) in [5, 5.41) is 0. The van der Waals surface area contributed by atoms with Gasteiger partial charge in [-0.05, 0) is 79.9 Å². The van der Waals surface area contributed by atoms with Gasteiger partial charge in [0.15, 0.2) is 0 Å². The van der Waals surface area contributed by atoms with Crippen LogP contribution in [0.4, 0.5) is 0 Å². The normalized spacial score (nSPS) is 12.8. The number of nitrogens with zero attached hydrogens (tertiary/aromatic N) is 1. The molecule has 1 heterocycles. The van der Waals surface area contributed by atoms with E-state index < -0.39 is 0 Å². The van der Waals surface area contributed by atoms with Gasteiger partial charge in [0.2, 0.25) is 0 Å². The highest BCUT2D eigenvalue weighted by atomic mass is 14.7. The van der Waals surface area contributed by atoms with Crippen molar-refractivity contribution in [3.8, 4) is 67.0 Å². The molecule has 6 aromatic carbocycles. The molecule has 1 aliphatic rings. The summed E-state index contributed by atoms with van der Waals surface area (Å²) in [4.78, 5) is 5.05. The van der Waals surface area contributed by atoms with E-state index in [1.54, 1.807) is 0 Å². The van der Waals surface area contributed by atoms with E-state index in [4.69, 9.17) is 4.98 Å². The van der Waals surface area contributed by atoms with Crippen molar-refractivity contribution in [1.29, 1.82) is 0 Å². The third kappa shape index (κ3) is 4.87. The van der Waals surface area contributed by atoms with E-state index in [9.17, 15) is 0 Å². The minimum Gasteiger partial charge on any atom is -0.248 e. The van der Waals surface area contributed by atoms with E-state index >= 15 is 0 Å². The van der Waals surface area contributed by atoms with E-state index in [0.717, 1.165) is 28.1 Å². The van der Waals surface area contributed by atoms with Gasteiger partial charge in [-0.25, -0.2) is 4.98 Å². The summed E-state index contributed by atoms with van der Waals surface area (Å²) < 4.78 is 0. The average Bonchev–Trinajstić information content (AvgIpc) is 3.34. The number of benzene rings is 6. The zero-order valence-electron chi connectivity index (χ0n) is 25.5. The zero-order chi connectivity index (χ0) is 30.4. The van der Waals surface area contributed by atoms with Gasteiger partial charge < -0.3 is 0 Å². The number of rotatable bonds is 5. The first-order valence-electron chi connectivity index (χ1n) is 15.6. The second-order valence-electron chi connectivity index (χ2n) is 12.4. The minimum absolute atomic E-state index is 0.0108.